The van der Waals surface area contributed by atoms with E-state index in [0.717, 1.165) is 0 Å². The zero-order valence-electron chi connectivity index (χ0n) is 12.8. The predicted octanol–water partition coefficient (Wildman–Crippen LogP) is 1.62. The van der Waals surface area contributed by atoms with Crippen molar-refractivity contribution in [1.29, 1.82) is 0 Å². The van der Waals surface area contributed by atoms with Crippen molar-refractivity contribution in [3.63, 3.8) is 0 Å². The molecular formula is C16H22N2O4. The van der Waals surface area contributed by atoms with Gasteiger partial charge in [-0.15, -0.1) is 0 Å². The molecule has 1 atom stereocenters. The molecule has 1 rings (SSSR count). The summed E-state index contributed by atoms with van der Waals surface area (Å²) < 4.78 is 0. The minimum absolute atomic E-state index is 0.0656. The molecule has 0 spiro atoms. The number of benzene rings is 1. The fraction of sp³-hybridized carbons (Fsp3) is 0.438. The van der Waals surface area contributed by atoms with Gasteiger partial charge in [-0.3, -0.25) is 9.59 Å². The molecule has 2 amide bonds. The first-order valence-corrected chi connectivity index (χ1v) is 7.26. The standard InChI is InChI=1S/C16H22N2O4/c1-11(2)17-13(19)9-6-10-14(20)18-15(16(21)22)12-7-4-3-5-8-12/h3-5,7-8,11,15H,6,9-10H2,1-2H3,(H,17,19)(H,18,20)(H,21,22)/t15-/m1/s1. The van der Waals surface area contributed by atoms with Gasteiger partial charge >= 0.3 is 5.97 Å². The first kappa shape index (κ1) is 17.7. The van der Waals surface area contributed by atoms with Crippen molar-refractivity contribution in [3.05, 3.63) is 35.9 Å². The third kappa shape index (κ3) is 6.39. The smallest absolute Gasteiger partial charge is 0.330 e. The Morgan fingerprint density at radius 3 is 2.05 bits per heavy atom. The molecule has 0 radical (unpaired) electrons. The van der Waals surface area contributed by atoms with Gasteiger partial charge in [0.15, 0.2) is 6.04 Å². The summed E-state index contributed by atoms with van der Waals surface area (Å²) in [7, 11) is 0. The number of hydrogen-bond acceptors (Lipinski definition) is 3. The molecule has 22 heavy (non-hydrogen) atoms. The largest absolute Gasteiger partial charge is 0.479 e. The van der Waals surface area contributed by atoms with E-state index in [0.29, 0.717) is 12.0 Å². The van der Waals surface area contributed by atoms with Crippen LogP contribution in [-0.4, -0.2) is 28.9 Å². The Hall–Kier alpha value is -2.37. The number of carboxylic acids is 1. The minimum Gasteiger partial charge on any atom is -0.479 e. The third-order valence-corrected chi connectivity index (χ3v) is 2.94. The van der Waals surface area contributed by atoms with Crippen molar-refractivity contribution in [3.8, 4) is 0 Å². The number of carboxylic acid groups (broad SMARTS) is 1. The molecule has 1 aromatic carbocycles. The van der Waals surface area contributed by atoms with Crippen molar-refractivity contribution in [2.45, 2.75) is 45.2 Å². The van der Waals surface area contributed by atoms with Gasteiger partial charge in [-0.05, 0) is 25.8 Å². The molecule has 0 saturated heterocycles. The van der Waals surface area contributed by atoms with Crippen LogP contribution < -0.4 is 10.6 Å². The van der Waals surface area contributed by atoms with Crippen LogP contribution in [0.25, 0.3) is 0 Å². The second kappa shape index (κ2) is 8.81. The number of carbonyl (C=O) groups is 3. The Balaban J connectivity index is 2.45. The monoisotopic (exact) mass is 306 g/mol. The van der Waals surface area contributed by atoms with E-state index in [1.54, 1.807) is 30.3 Å². The lowest BCUT2D eigenvalue weighted by Gasteiger charge is -2.15. The summed E-state index contributed by atoms with van der Waals surface area (Å²) in [6.07, 6.45) is 0.738. The van der Waals surface area contributed by atoms with E-state index in [2.05, 4.69) is 10.6 Å². The lowest BCUT2D eigenvalue weighted by molar-refractivity contribution is -0.142. The van der Waals surface area contributed by atoms with Crippen LogP contribution in [0.15, 0.2) is 30.3 Å². The van der Waals surface area contributed by atoms with Crippen LogP contribution in [0.1, 0.15) is 44.7 Å². The zero-order chi connectivity index (χ0) is 16.5. The maximum Gasteiger partial charge on any atom is 0.330 e. The highest BCUT2D eigenvalue weighted by Crippen LogP contribution is 2.13. The molecule has 0 unspecified atom stereocenters. The number of aliphatic carboxylic acids is 1. The van der Waals surface area contributed by atoms with Crippen LogP contribution in [0.5, 0.6) is 0 Å². The Morgan fingerprint density at radius 2 is 1.55 bits per heavy atom. The van der Waals surface area contributed by atoms with E-state index in [9.17, 15) is 19.5 Å². The highest BCUT2D eigenvalue weighted by atomic mass is 16.4. The maximum absolute atomic E-state index is 11.8. The van der Waals surface area contributed by atoms with Gasteiger partial charge in [-0.2, -0.15) is 0 Å². The van der Waals surface area contributed by atoms with Crippen LogP contribution in [-0.2, 0) is 14.4 Å². The van der Waals surface area contributed by atoms with Crippen molar-refractivity contribution >= 4 is 17.8 Å². The molecule has 0 aliphatic heterocycles. The normalized spacial score (nSPS) is 11.8. The minimum atomic E-state index is -1.11. The van der Waals surface area contributed by atoms with Gasteiger partial charge in [-0.25, -0.2) is 4.79 Å². The topological polar surface area (TPSA) is 95.5 Å². The van der Waals surface area contributed by atoms with Crippen LogP contribution >= 0.6 is 0 Å². The highest BCUT2D eigenvalue weighted by molar-refractivity contribution is 5.85. The molecule has 0 aliphatic carbocycles. The first-order chi connectivity index (χ1) is 10.4. The summed E-state index contributed by atoms with van der Waals surface area (Å²) in [5.74, 6) is -1.61. The van der Waals surface area contributed by atoms with E-state index < -0.39 is 12.0 Å². The van der Waals surface area contributed by atoms with Gasteiger partial charge in [0.25, 0.3) is 0 Å². The van der Waals surface area contributed by atoms with Crippen molar-refractivity contribution in [1.82, 2.24) is 10.6 Å². The zero-order valence-corrected chi connectivity index (χ0v) is 12.8. The molecule has 0 aliphatic rings. The number of nitrogens with one attached hydrogen (secondary N) is 2. The van der Waals surface area contributed by atoms with Gasteiger partial charge in [0, 0.05) is 18.9 Å². The molecule has 0 bridgehead atoms. The Morgan fingerprint density at radius 1 is 1.00 bits per heavy atom. The van der Waals surface area contributed by atoms with Crippen molar-refractivity contribution < 1.29 is 19.5 Å². The Kier molecular flexibility index (Phi) is 7.08. The SMILES string of the molecule is CC(C)NC(=O)CCCC(=O)N[C@@H](C(=O)O)c1ccccc1. The molecule has 120 valence electrons. The van der Waals surface area contributed by atoms with Crippen LogP contribution in [0.3, 0.4) is 0 Å². The molecule has 6 nitrogen and oxygen atoms in total. The summed E-state index contributed by atoms with van der Waals surface area (Å²) in [6, 6.07) is 7.50. The van der Waals surface area contributed by atoms with Gasteiger partial charge in [0.2, 0.25) is 11.8 Å². The van der Waals surface area contributed by atoms with E-state index in [4.69, 9.17) is 0 Å². The average molecular weight is 306 g/mol. The van der Waals surface area contributed by atoms with Gasteiger partial charge in [-0.1, -0.05) is 30.3 Å². The summed E-state index contributed by atoms with van der Waals surface area (Å²) in [5.41, 5.74) is 0.515. The molecule has 0 saturated carbocycles. The van der Waals surface area contributed by atoms with Crippen LogP contribution in [0, 0.1) is 0 Å². The molecule has 0 aromatic heterocycles. The second-order valence-corrected chi connectivity index (χ2v) is 5.33. The van der Waals surface area contributed by atoms with E-state index in [-0.39, 0.29) is 30.7 Å². The van der Waals surface area contributed by atoms with Crippen molar-refractivity contribution in [2.75, 3.05) is 0 Å². The second-order valence-electron chi connectivity index (χ2n) is 5.33. The molecule has 0 fully saturated rings. The van der Waals surface area contributed by atoms with Gasteiger partial charge in [0.05, 0.1) is 0 Å². The van der Waals surface area contributed by atoms with E-state index in [1.807, 2.05) is 13.8 Å². The third-order valence-electron chi connectivity index (χ3n) is 2.94. The molecule has 6 heteroatoms. The molecule has 0 heterocycles. The summed E-state index contributed by atoms with van der Waals surface area (Å²) in [5, 5.41) is 14.4. The number of hydrogen-bond donors (Lipinski definition) is 3. The lowest BCUT2D eigenvalue weighted by Crippen LogP contribution is -2.34. The maximum atomic E-state index is 11.8. The average Bonchev–Trinajstić information content (AvgIpc) is 2.44. The quantitative estimate of drug-likeness (QED) is 0.680. The fourth-order valence-corrected chi connectivity index (χ4v) is 1.97. The molecular weight excluding hydrogens is 284 g/mol. The summed E-state index contributed by atoms with van der Waals surface area (Å²) in [4.78, 5) is 34.5. The van der Waals surface area contributed by atoms with Gasteiger partial charge < -0.3 is 15.7 Å². The van der Waals surface area contributed by atoms with E-state index >= 15 is 0 Å². The lowest BCUT2D eigenvalue weighted by atomic mass is 10.1. The first-order valence-electron chi connectivity index (χ1n) is 7.26. The van der Waals surface area contributed by atoms with Gasteiger partial charge in [0.1, 0.15) is 0 Å². The fourth-order valence-electron chi connectivity index (χ4n) is 1.97. The molecule has 1 aromatic rings. The van der Waals surface area contributed by atoms with Crippen LogP contribution in [0.2, 0.25) is 0 Å². The predicted molar refractivity (Wildman–Crippen MR) is 82.1 cm³/mol. The van der Waals surface area contributed by atoms with E-state index in [1.165, 1.54) is 0 Å². The Bertz CT molecular complexity index is 514. The van der Waals surface area contributed by atoms with Crippen molar-refractivity contribution in [2.24, 2.45) is 0 Å². The summed E-state index contributed by atoms with van der Waals surface area (Å²) >= 11 is 0. The number of amides is 2. The number of carbonyl (C=O) groups excluding carboxylic acids is 2. The highest BCUT2D eigenvalue weighted by Gasteiger charge is 2.21. The summed E-state index contributed by atoms with van der Waals surface area (Å²) in [6.45, 7) is 3.73. The molecule has 3 N–H and O–H groups in total. The van der Waals surface area contributed by atoms with Crippen LogP contribution in [0.4, 0.5) is 0 Å². The Labute approximate surface area is 129 Å². The number of rotatable bonds is 8.